The Morgan fingerprint density at radius 1 is 0.967 bits per heavy atom. The summed E-state index contributed by atoms with van der Waals surface area (Å²) in [6.07, 6.45) is 0. The highest BCUT2D eigenvalue weighted by Crippen LogP contribution is 2.35. The Kier molecular flexibility index (Phi) is 7.65. The van der Waals surface area contributed by atoms with Crippen molar-refractivity contribution in [2.24, 2.45) is 0 Å². The van der Waals surface area contributed by atoms with Gasteiger partial charge in [0.25, 0.3) is 15.9 Å². The summed E-state index contributed by atoms with van der Waals surface area (Å²) in [7, 11) is -2.72. The molecule has 2 aromatic rings. The second-order valence-electron chi connectivity index (χ2n) is 7.44. The van der Waals surface area contributed by atoms with Crippen LogP contribution in [0.2, 0.25) is 0 Å². The Morgan fingerprint density at radius 2 is 1.53 bits per heavy atom. The topological polar surface area (TPSA) is 104 Å². The molecule has 9 heteroatoms. The predicted molar refractivity (Wildman–Crippen MR) is 121 cm³/mol. The largest absolute Gasteiger partial charge is 0.355 e. The first kappa shape index (κ1) is 23.9. The summed E-state index contributed by atoms with van der Waals surface area (Å²) in [6, 6.07) is 8.42. The van der Waals surface area contributed by atoms with E-state index in [2.05, 4.69) is 26.6 Å². The van der Waals surface area contributed by atoms with E-state index in [0.717, 1.165) is 15.6 Å². The average molecular weight is 496 g/mol. The molecule has 3 amide bonds. The number of sulfonamides is 1. The Hall–Kier alpha value is -2.39. The molecule has 0 radical (unpaired) electrons. The van der Waals surface area contributed by atoms with Crippen LogP contribution in [0, 0.1) is 0 Å². The van der Waals surface area contributed by atoms with Crippen molar-refractivity contribution in [1.82, 2.24) is 10.0 Å². The molecule has 0 unspecified atom stereocenters. The van der Waals surface area contributed by atoms with Crippen LogP contribution in [0.3, 0.4) is 0 Å². The number of carbonyl (C=O) groups excluding carboxylic acids is 2. The van der Waals surface area contributed by atoms with E-state index in [0.29, 0.717) is 5.69 Å². The molecule has 0 heterocycles. The Bertz CT molecular complexity index is 1040. The van der Waals surface area contributed by atoms with Gasteiger partial charge in [-0.25, -0.2) is 17.9 Å². The average Bonchev–Trinajstić information content (AvgIpc) is 2.67. The maximum Gasteiger partial charge on any atom is 0.333 e. The van der Waals surface area contributed by atoms with E-state index in [1.807, 2.05) is 44.5 Å². The summed E-state index contributed by atoms with van der Waals surface area (Å²) in [5.41, 5.74) is 2.55. The number of nitrogens with one attached hydrogen (secondary N) is 3. The van der Waals surface area contributed by atoms with Gasteiger partial charge < -0.3 is 10.6 Å². The summed E-state index contributed by atoms with van der Waals surface area (Å²) >= 11 is 3.50. The van der Waals surface area contributed by atoms with Crippen LogP contribution in [0.1, 0.15) is 61.0 Å². The zero-order valence-corrected chi connectivity index (χ0v) is 19.9. The van der Waals surface area contributed by atoms with E-state index in [1.165, 1.54) is 31.3 Å². The minimum absolute atomic E-state index is 0.108. The smallest absolute Gasteiger partial charge is 0.333 e. The van der Waals surface area contributed by atoms with Gasteiger partial charge in [-0.2, -0.15) is 0 Å². The van der Waals surface area contributed by atoms with E-state index in [1.54, 1.807) is 0 Å². The number of hydrogen-bond acceptors (Lipinski definition) is 4. The zero-order chi connectivity index (χ0) is 22.6. The van der Waals surface area contributed by atoms with Gasteiger partial charge in [-0.1, -0.05) is 49.7 Å². The van der Waals surface area contributed by atoms with Crippen LogP contribution in [0.5, 0.6) is 0 Å². The van der Waals surface area contributed by atoms with Crippen LogP contribution >= 0.6 is 15.9 Å². The number of anilines is 1. The van der Waals surface area contributed by atoms with Crippen molar-refractivity contribution in [2.75, 3.05) is 12.4 Å². The molecule has 2 aromatic carbocycles. The molecular weight excluding hydrogens is 470 g/mol. The second-order valence-corrected chi connectivity index (χ2v) is 10.0. The Labute approximate surface area is 185 Å². The number of benzene rings is 2. The van der Waals surface area contributed by atoms with E-state index in [-0.39, 0.29) is 22.3 Å². The minimum Gasteiger partial charge on any atom is -0.355 e. The number of amides is 3. The molecule has 0 aliphatic rings. The third-order valence-corrected chi connectivity index (χ3v) is 6.29. The number of halogens is 1. The summed E-state index contributed by atoms with van der Waals surface area (Å²) in [5.74, 6) is -0.207. The van der Waals surface area contributed by atoms with Crippen molar-refractivity contribution in [1.29, 1.82) is 0 Å². The van der Waals surface area contributed by atoms with E-state index in [9.17, 15) is 18.0 Å². The summed E-state index contributed by atoms with van der Waals surface area (Å²) < 4.78 is 28.3. The normalized spacial score (nSPS) is 11.5. The molecule has 2 rings (SSSR count). The van der Waals surface area contributed by atoms with Gasteiger partial charge in [0.2, 0.25) is 0 Å². The monoisotopic (exact) mass is 495 g/mol. The van der Waals surface area contributed by atoms with Crippen LogP contribution < -0.4 is 15.4 Å². The second kappa shape index (κ2) is 9.61. The van der Waals surface area contributed by atoms with Gasteiger partial charge in [0.05, 0.1) is 4.90 Å². The lowest BCUT2D eigenvalue weighted by Crippen LogP contribution is -2.35. The SMILES string of the molecule is CNC(=O)c1cccc(S(=O)(=O)NC(=O)Nc2c(C(C)C)cc(Br)cc2C(C)C)c1. The number of hydrogen-bond donors (Lipinski definition) is 3. The van der Waals surface area contributed by atoms with E-state index < -0.39 is 22.0 Å². The van der Waals surface area contributed by atoms with Crippen LogP contribution in [0.15, 0.2) is 45.8 Å². The highest BCUT2D eigenvalue weighted by Gasteiger charge is 2.22. The quantitative estimate of drug-likeness (QED) is 0.545. The molecule has 0 saturated heterocycles. The summed E-state index contributed by atoms with van der Waals surface area (Å²) in [6.45, 7) is 7.98. The maximum atomic E-state index is 12.7. The fraction of sp³-hybridized carbons (Fsp3) is 0.333. The molecule has 0 bridgehead atoms. The molecule has 0 atom stereocenters. The van der Waals surface area contributed by atoms with Crippen LogP contribution in [0.4, 0.5) is 10.5 Å². The molecule has 0 aromatic heterocycles. The molecule has 3 N–H and O–H groups in total. The van der Waals surface area contributed by atoms with Crippen molar-refractivity contribution in [3.05, 3.63) is 57.6 Å². The van der Waals surface area contributed by atoms with Crippen molar-refractivity contribution in [3.63, 3.8) is 0 Å². The predicted octanol–water partition coefficient (Wildman–Crippen LogP) is 4.57. The van der Waals surface area contributed by atoms with Gasteiger partial charge in [-0.15, -0.1) is 0 Å². The minimum atomic E-state index is -4.17. The molecule has 0 saturated carbocycles. The molecular formula is C21H26BrN3O4S. The Balaban J connectivity index is 2.35. The fourth-order valence-electron chi connectivity index (χ4n) is 2.97. The fourth-order valence-corrected chi connectivity index (χ4v) is 4.42. The van der Waals surface area contributed by atoms with Crippen molar-refractivity contribution in [2.45, 2.75) is 44.4 Å². The molecule has 0 fully saturated rings. The standard InChI is InChI=1S/C21H26BrN3O4S/c1-12(2)17-10-15(22)11-18(13(3)4)19(17)24-21(27)25-30(28,29)16-8-6-7-14(9-16)20(26)23-5/h6-13H,1-5H3,(H,23,26)(H2,24,25,27). The number of urea groups is 1. The number of rotatable bonds is 6. The first-order valence-electron chi connectivity index (χ1n) is 9.45. The lowest BCUT2D eigenvalue weighted by atomic mass is 9.93. The third kappa shape index (κ3) is 5.60. The molecule has 30 heavy (non-hydrogen) atoms. The first-order chi connectivity index (χ1) is 14.0. The number of carbonyl (C=O) groups is 2. The lowest BCUT2D eigenvalue weighted by molar-refractivity contribution is 0.0963. The van der Waals surface area contributed by atoms with Crippen LogP contribution in [0.25, 0.3) is 0 Å². The Morgan fingerprint density at radius 3 is 2.03 bits per heavy atom. The van der Waals surface area contributed by atoms with Gasteiger partial charge in [0.1, 0.15) is 0 Å². The highest BCUT2D eigenvalue weighted by atomic mass is 79.9. The van der Waals surface area contributed by atoms with Crippen LogP contribution in [-0.2, 0) is 10.0 Å². The van der Waals surface area contributed by atoms with Gasteiger partial charge in [-0.05, 0) is 53.3 Å². The molecule has 0 aliphatic carbocycles. The third-order valence-electron chi connectivity index (χ3n) is 4.51. The van der Waals surface area contributed by atoms with Gasteiger partial charge in [-0.3, -0.25) is 4.79 Å². The van der Waals surface area contributed by atoms with E-state index >= 15 is 0 Å². The zero-order valence-electron chi connectivity index (χ0n) is 17.5. The molecule has 7 nitrogen and oxygen atoms in total. The van der Waals surface area contributed by atoms with Gasteiger partial charge >= 0.3 is 6.03 Å². The maximum absolute atomic E-state index is 12.7. The van der Waals surface area contributed by atoms with E-state index in [4.69, 9.17) is 0 Å². The van der Waals surface area contributed by atoms with Gasteiger partial charge in [0, 0.05) is 22.8 Å². The van der Waals surface area contributed by atoms with Crippen LogP contribution in [-0.4, -0.2) is 27.4 Å². The summed E-state index contributed by atoms with van der Waals surface area (Å²) in [4.78, 5) is 24.2. The molecule has 162 valence electrons. The first-order valence-corrected chi connectivity index (χ1v) is 11.7. The van der Waals surface area contributed by atoms with Crippen molar-refractivity contribution >= 4 is 43.6 Å². The molecule has 0 spiro atoms. The summed E-state index contributed by atoms with van der Waals surface area (Å²) in [5, 5.41) is 5.15. The van der Waals surface area contributed by atoms with Crippen molar-refractivity contribution < 1.29 is 18.0 Å². The highest BCUT2D eigenvalue weighted by molar-refractivity contribution is 9.10. The van der Waals surface area contributed by atoms with Crippen molar-refractivity contribution in [3.8, 4) is 0 Å². The van der Waals surface area contributed by atoms with Gasteiger partial charge in [0.15, 0.2) is 0 Å². The molecule has 0 aliphatic heterocycles. The lowest BCUT2D eigenvalue weighted by Gasteiger charge is -2.21.